The molecule has 2 fully saturated rings. The molecule has 2 amide bonds. The Morgan fingerprint density at radius 1 is 0.854 bits per heavy atom. The number of carbonyl (C=O) groups is 2. The van der Waals surface area contributed by atoms with Crippen LogP contribution in [0.3, 0.4) is 0 Å². The average molecular weight is 650 g/mol. The number of likely N-dealkylation sites (N-methyl/N-ethyl adjacent to an activating group) is 1. The third-order valence-electron chi connectivity index (χ3n) is 10.2. The fourth-order valence-corrected chi connectivity index (χ4v) is 7.54. The quantitative estimate of drug-likeness (QED) is 0.198. The summed E-state index contributed by atoms with van der Waals surface area (Å²) in [7, 11) is 2.10. The molecule has 0 saturated carbocycles. The summed E-state index contributed by atoms with van der Waals surface area (Å²) in [6.45, 7) is 14.2. The van der Waals surface area contributed by atoms with Crippen LogP contribution in [0.15, 0.2) is 42.7 Å². The van der Waals surface area contributed by atoms with E-state index >= 15 is 0 Å². The van der Waals surface area contributed by atoms with Crippen LogP contribution < -0.4 is 10.6 Å². The number of nitrogens with zero attached hydrogens (tertiary/aromatic N) is 3. The number of fused-ring (bicyclic) bond motifs is 2. The predicted molar refractivity (Wildman–Crippen MR) is 193 cm³/mol. The van der Waals surface area contributed by atoms with Gasteiger partial charge in [-0.15, -0.1) is 0 Å². The molecule has 4 aromatic rings. The van der Waals surface area contributed by atoms with Gasteiger partial charge in [0.25, 0.3) is 11.8 Å². The van der Waals surface area contributed by atoms with Crippen LogP contribution in [0.1, 0.15) is 114 Å². The number of aromatic nitrogens is 2. The Labute approximate surface area is 285 Å². The van der Waals surface area contributed by atoms with Gasteiger partial charge in [0, 0.05) is 55.0 Å². The van der Waals surface area contributed by atoms with Crippen molar-refractivity contribution in [1.82, 2.24) is 25.5 Å². The third kappa shape index (κ3) is 7.25. The summed E-state index contributed by atoms with van der Waals surface area (Å²) < 4.78 is 5.52. The Hall–Kier alpha value is -3.88. The van der Waals surface area contributed by atoms with Crippen LogP contribution >= 0.6 is 0 Å². The molecular formula is C40H51N5O3. The summed E-state index contributed by atoms with van der Waals surface area (Å²) in [5, 5.41) is 8.66. The third-order valence-corrected chi connectivity index (χ3v) is 10.2. The predicted octanol–water partition coefficient (Wildman–Crippen LogP) is 6.72. The first kappa shape index (κ1) is 34.0. The molecule has 0 radical (unpaired) electrons. The largest absolute Gasteiger partial charge is 0.381 e. The van der Waals surface area contributed by atoms with E-state index in [1.807, 2.05) is 24.5 Å². The monoisotopic (exact) mass is 649 g/mol. The lowest BCUT2D eigenvalue weighted by molar-refractivity contribution is 0.0697. The molecule has 2 aromatic heterocycles. The minimum atomic E-state index is -0.0699. The highest BCUT2D eigenvalue weighted by Crippen LogP contribution is 2.33. The zero-order valence-corrected chi connectivity index (χ0v) is 29.5. The van der Waals surface area contributed by atoms with Gasteiger partial charge in [-0.05, 0) is 122 Å². The van der Waals surface area contributed by atoms with E-state index in [2.05, 4.69) is 75.4 Å². The van der Waals surface area contributed by atoms with Crippen molar-refractivity contribution in [2.75, 3.05) is 33.4 Å². The first-order valence-electron chi connectivity index (χ1n) is 17.9. The van der Waals surface area contributed by atoms with E-state index in [4.69, 9.17) is 14.7 Å². The van der Waals surface area contributed by atoms with E-state index in [9.17, 15) is 9.59 Å². The highest BCUT2D eigenvalue weighted by atomic mass is 16.5. The van der Waals surface area contributed by atoms with Crippen LogP contribution in [0.25, 0.3) is 21.8 Å². The van der Waals surface area contributed by atoms with Gasteiger partial charge in [0.1, 0.15) is 0 Å². The number of pyridine rings is 2. The minimum Gasteiger partial charge on any atom is -0.381 e. The normalized spacial score (nSPS) is 17.5. The number of likely N-dealkylation sites (tertiary alicyclic amines) is 1. The molecule has 4 heterocycles. The number of aryl methyl sites for hydroxylation is 3. The van der Waals surface area contributed by atoms with Crippen molar-refractivity contribution in [2.24, 2.45) is 0 Å². The van der Waals surface area contributed by atoms with Crippen molar-refractivity contribution in [3.8, 4) is 0 Å². The van der Waals surface area contributed by atoms with Crippen LogP contribution in [0.5, 0.6) is 0 Å². The van der Waals surface area contributed by atoms with Gasteiger partial charge in [0.05, 0.1) is 22.2 Å². The Bertz CT molecular complexity index is 1810. The number of nitrogens with one attached hydrogen (secondary N) is 2. The second-order valence-corrected chi connectivity index (χ2v) is 14.4. The van der Waals surface area contributed by atoms with Gasteiger partial charge < -0.3 is 20.3 Å². The Morgan fingerprint density at radius 2 is 1.52 bits per heavy atom. The number of carbonyl (C=O) groups excluding carboxylic acids is 2. The highest BCUT2D eigenvalue weighted by Gasteiger charge is 2.25. The maximum absolute atomic E-state index is 13.8. The van der Waals surface area contributed by atoms with E-state index in [0.717, 1.165) is 84.5 Å². The molecule has 2 aromatic carbocycles. The first-order valence-corrected chi connectivity index (χ1v) is 17.9. The van der Waals surface area contributed by atoms with Gasteiger partial charge in [0.15, 0.2) is 0 Å². The molecule has 2 N–H and O–H groups in total. The summed E-state index contributed by atoms with van der Waals surface area (Å²) >= 11 is 0. The molecule has 254 valence electrons. The fourth-order valence-electron chi connectivity index (χ4n) is 7.54. The topological polar surface area (TPSA) is 96.5 Å². The SMILES string of the molecule is CCc1cc(C(=O)NC2CCN(C)C2)c2ncc(CCc3cc(C(=O)NC4CCOCC4)c4nccc(C(C)C)c4c3)c(C(C)C)c2c1. The number of amides is 2. The number of hydrogen-bond donors (Lipinski definition) is 2. The van der Waals surface area contributed by atoms with Crippen LogP contribution in [0.2, 0.25) is 0 Å². The van der Waals surface area contributed by atoms with Gasteiger partial charge in [-0.25, -0.2) is 0 Å². The molecule has 2 saturated heterocycles. The Balaban J connectivity index is 1.35. The van der Waals surface area contributed by atoms with E-state index in [0.29, 0.717) is 30.3 Å². The fraction of sp³-hybridized carbons (Fsp3) is 0.500. The number of rotatable bonds is 10. The molecule has 8 heteroatoms. The van der Waals surface area contributed by atoms with Crippen LogP contribution in [0, 0.1) is 0 Å². The van der Waals surface area contributed by atoms with Crippen molar-refractivity contribution in [2.45, 2.75) is 97.1 Å². The van der Waals surface area contributed by atoms with Crippen LogP contribution in [-0.2, 0) is 24.0 Å². The maximum atomic E-state index is 13.8. The molecule has 2 aliphatic heterocycles. The van der Waals surface area contributed by atoms with Gasteiger partial charge >= 0.3 is 0 Å². The van der Waals surface area contributed by atoms with E-state index in [1.54, 1.807) is 0 Å². The lowest BCUT2D eigenvalue weighted by atomic mass is 9.88. The van der Waals surface area contributed by atoms with E-state index < -0.39 is 0 Å². The first-order chi connectivity index (χ1) is 23.1. The Morgan fingerprint density at radius 3 is 2.17 bits per heavy atom. The van der Waals surface area contributed by atoms with Gasteiger partial charge in [-0.3, -0.25) is 19.6 Å². The van der Waals surface area contributed by atoms with Crippen molar-refractivity contribution in [3.05, 3.63) is 81.7 Å². The smallest absolute Gasteiger partial charge is 0.253 e. The van der Waals surface area contributed by atoms with Gasteiger partial charge in [-0.2, -0.15) is 0 Å². The zero-order valence-electron chi connectivity index (χ0n) is 29.5. The Kier molecular flexibility index (Phi) is 10.4. The lowest BCUT2D eigenvalue weighted by Gasteiger charge is -2.23. The van der Waals surface area contributed by atoms with E-state index in [-0.39, 0.29) is 29.8 Å². The van der Waals surface area contributed by atoms with Crippen molar-refractivity contribution < 1.29 is 14.3 Å². The molecule has 0 bridgehead atoms. The molecule has 2 aliphatic rings. The molecule has 0 aliphatic carbocycles. The van der Waals surface area contributed by atoms with Crippen molar-refractivity contribution in [3.63, 3.8) is 0 Å². The molecule has 6 rings (SSSR count). The second kappa shape index (κ2) is 14.7. The van der Waals surface area contributed by atoms with Gasteiger partial charge in [-0.1, -0.05) is 34.6 Å². The number of benzene rings is 2. The van der Waals surface area contributed by atoms with Crippen LogP contribution in [0.4, 0.5) is 0 Å². The maximum Gasteiger partial charge on any atom is 0.253 e. The molecule has 0 spiro atoms. The summed E-state index contributed by atoms with van der Waals surface area (Å²) in [5.74, 6) is 0.427. The molecule has 1 atom stereocenters. The van der Waals surface area contributed by atoms with Gasteiger partial charge in [0.2, 0.25) is 0 Å². The molecular weight excluding hydrogens is 598 g/mol. The highest BCUT2D eigenvalue weighted by molar-refractivity contribution is 6.07. The second-order valence-electron chi connectivity index (χ2n) is 14.4. The zero-order chi connectivity index (χ0) is 33.9. The molecule has 48 heavy (non-hydrogen) atoms. The summed E-state index contributed by atoms with van der Waals surface area (Å²) in [5.41, 5.74) is 8.68. The van der Waals surface area contributed by atoms with E-state index in [1.165, 1.54) is 16.7 Å². The number of hydrogen-bond acceptors (Lipinski definition) is 6. The average Bonchev–Trinajstić information content (AvgIpc) is 3.49. The van der Waals surface area contributed by atoms with Crippen molar-refractivity contribution in [1.29, 1.82) is 0 Å². The lowest BCUT2D eigenvalue weighted by Crippen LogP contribution is -2.39. The van der Waals surface area contributed by atoms with Crippen molar-refractivity contribution >= 4 is 33.6 Å². The van der Waals surface area contributed by atoms with Crippen LogP contribution in [-0.4, -0.2) is 72.1 Å². The summed E-state index contributed by atoms with van der Waals surface area (Å²) in [6.07, 6.45) is 8.77. The minimum absolute atomic E-state index is 0.0390. The summed E-state index contributed by atoms with van der Waals surface area (Å²) in [6, 6.07) is 10.9. The molecule has 8 nitrogen and oxygen atoms in total. The standard InChI is InChI=1S/C40H51N5O3/c1-7-26-18-33-36(25(4)5)28(22-42-38(33)34(19-26)40(47)44-30-11-15-45(6)23-30)9-8-27-20-32-31(24(2)3)10-14-41-37(32)35(21-27)39(46)43-29-12-16-48-17-13-29/h10,14,18-22,24-25,29-30H,7-9,11-13,15-17,23H2,1-6H3,(H,43,46)(H,44,47). The number of ether oxygens (including phenoxy) is 1. The molecule has 1 unspecified atom stereocenters. The summed E-state index contributed by atoms with van der Waals surface area (Å²) in [4.78, 5) is 39.3.